The number of allylic oxidation sites excluding steroid dienone is 1. The number of esters is 1. The summed E-state index contributed by atoms with van der Waals surface area (Å²) >= 11 is 13.7. The highest BCUT2D eigenvalue weighted by molar-refractivity contribution is 8.16. The molecule has 0 aromatic heterocycles. The number of amidine groups is 1. The molecule has 2 aliphatic heterocycles. The van der Waals surface area contributed by atoms with Gasteiger partial charge in [0.05, 0.1) is 18.3 Å². The molecular weight excluding hydrogens is 475 g/mol. The predicted molar refractivity (Wildman–Crippen MR) is 136 cm³/mol. The van der Waals surface area contributed by atoms with Gasteiger partial charge < -0.3 is 9.64 Å². The van der Waals surface area contributed by atoms with Crippen LogP contribution >= 0.6 is 35.0 Å². The van der Waals surface area contributed by atoms with Crippen LogP contribution in [0.1, 0.15) is 43.4 Å². The largest absolute Gasteiger partial charge is 0.461 e. The molecule has 0 saturated heterocycles. The molecule has 0 N–H and O–H groups in total. The second-order valence-corrected chi connectivity index (χ2v) is 9.72. The van der Waals surface area contributed by atoms with Crippen molar-refractivity contribution in [3.05, 3.63) is 97.7 Å². The number of hydrogen-bond donors (Lipinski definition) is 0. The lowest BCUT2D eigenvalue weighted by molar-refractivity contribution is -0.139. The van der Waals surface area contributed by atoms with Crippen molar-refractivity contribution in [2.75, 3.05) is 6.61 Å². The molecule has 4 nitrogen and oxygen atoms in total. The Morgan fingerprint density at radius 1 is 1.12 bits per heavy atom. The second kappa shape index (κ2) is 9.41. The number of thioether (sulfide) groups is 1. The van der Waals surface area contributed by atoms with Crippen molar-refractivity contribution in [1.29, 1.82) is 0 Å². The molecule has 7 heteroatoms. The van der Waals surface area contributed by atoms with Gasteiger partial charge in [-0.15, -0.1) is 0 Å². The summed E-state index contributed by atoms with van der Waals surface area (Å²) in [7, 11) is 0. The first-order valence-electron chi connectivity index (χ1n) is 10.9. The Kier molecular flexibility index (Phi) is 6.37. The number of hydrogen-bond acceptors (Lipinski definition) is 5. The Bertz CT molecular complexity index is 1210. The minimum atomic E-state index is -0.328. The maximum atomic E-state index is 12.8. The van der Waals surface area contributed by atoms with Crippen molar-refractivity contribution in [2.45, 2.75) is 32.2 Å². The Morgan fingerprint density at radius 3 is 2.52 bits per heavy atom. The highest BCUT2D eigenvalue weighted by atomic mass is 35.5. The molecule has 0 bridgehead atoms. The topological polar surface area (TPSA) is 41.9 Å². The summed E-state index contributed by atoms with van der Waals surface area (Å²) in [6.07, 6.45) is 5.08. The van der Waals surface area contributed by atoms with Crippen LogP contribution in [0.4, 0.5) is 0 Å². The monoisotopic (exact) mass is 496 g/mol. The predicted octanol–water partition coefficient (Wildman–Crippen LogP) is 7.38. The Hall–Kier alpha value is -2.47. The van der Waals surface area contributed by atoms with Crippen LogP contribution in [0.15, 0.2) is 81.5 Å². The van der Waals surface area contributed by atoms with E-state index in [1.54, 1.807) is 0 Å². The van der Waals surface area contributed by atoms with Crippen LogP contribution < -0.4 is 0 Å². The van der Waals surface area contributed by atoms with Crippen LogP contribution in [0.5, 0.6) is 0 Å². The maximum absolute atomic E-state index is 12.8. The fourth-order valence-corrected chi connectivity index (χ4v) is 5.62. The highest BCUT2D eigenvalue weighted by Crippen LogP contribution is 2.49. The zero-order chi connectivity index (χ0) is 22.9. The number of fused-ring (bicyclic) bond motifs is 1. The van der Waals surface area contributed by atoms with Crippen molar-refractivity contribution in [3.8, 4) is 0 Å². The van der Waals surface area contributed by atoms with Crippen LogP contribution in [0, 0.1) is 0 Å². The van der Waals surface area contributed by atoms with E-state index in [9.17, 15) is 4.79 Å². The van der Waals surface area contributed by atoms with Crippen LogP contribution in [-0.4, -0.2) is 22.6 Å². The highest BCUT2D eigenvalue weighted by Gasteiger charge is 2.42. The third-order valence-corrected chi connectivity index (χ3v) is 7.26. The van der Waals surface area contributed by atoms with E-state index in [0.717, 1.165) is 46.3 Å². The van der Waals surface area contributed by atoms with Gasteiger partial charge in [-0.25, -0.2) is 9.79 Å². The first-order chi connectivity index (χ1) is 16.0. The molecule has 1 atom stereocenters. The van der Waals surface area contributed by atoms with Crippen molar-refractivity contribution in [3.63, 3.8) is 0 Å². The van der Waals surface area contributed by atoms with E-state index < -0.39 is 0 Å². The van der Waals surface area contributed by atoms with Crippen molar-refractivity contribution < 1.29 is 9.53 Å². The van der Waals surface area contributed by atoms with Crippen molar-refractivity contribution >= 4 is 52.2 Å². The fourth-order valence-electron chi connectivity index (χ4n) is 4.48. The molecule has 5 rings (SSSR count). The van der Waals surface area contributed by atoms with Gasteiger partial charge in [0.2, 0.25) is 0 Å². The van der Waals surface area contributed by atoms with Gasteiger partial charge in [0.25, 0.3) is 0 Å². The molecule has 3 aliphatic rings. The third-order valence-electron chi connectivity index (χ3n) is 5.92. The minimum absolute atomic E-state index is 0.135. The quantitative estimate of drug-likeness (QED) is 0.414. The average molecular weight is 497 g/mol. The molecule has 0 spiro atoms. The van der Waals surface area contributed by atoms with Crippen molar-refractivity contribution in [2.24, 2.45) is 4.99 Å². The maximum Gasteiger partial charge on any atom is 0.355 e. The summed E-state index contributed by atoms with van der Waals surface area (Å²) in [6.45, 7) is 2.15. The number of ether oxygens (including phenoxy) is 1. The van der Waals surface area contributed by atoms with E-state index in [4.69, 9.17) is 32.9 Å². The number of carbonyl (C=O) groups excluding carboxylic acids is 1. The average Bonchev–Trinajstić information content (AvgIpc) is 3.24. The Morgan fingerprint density at radius 2 is 1.82 bits per heavy atom. The molecule has 0 radical (unpaired) electrons. The first kappa shape index (κ1) is 22.3. The third kappa shape index (κ3) is 4.37. The summed E-state index contributed by atoms with van der Waals surface area (Å²) in [5, 5.41) is 4.04. The molecule has 0 fully saturated rings. The molecule has 33 heavy (non-hydrogen) atoms. The van der Waals surface area contributed by atoms with E-state index in [1.807, 2.05) is 65.8 Å². The molecule has 2 aromatic carbocycles. The minimum Gasteiger partial charge on any atom is -0.461 e. The zero-order valence-electron chi connectivity index (χ0n) is 18.1. The molecule has 168 valence electrons. The first-order valence-corrected chi connectivity index (χ1v) is 12.6. The van der Waals surface area contributed by atoms with Gasteiger partial charge >= 0.3 is 5.97 Å². The number of benzene rings is 2. The number of nitrogens with zero attached hydrogens (tertiary/aromatic N) is 2. The molecule has 2 aromatic rings. The lowest BCUT2D eigenvalue weighted by Crippen LogP contribution is -2.37. The van der Waals surface area contributed by atoms with E-state index in [0.29, 0.717) is 17.3 Å². The van der Waals surface area contributed by atoms with E-state index in [2.05, 4.69) is 6.08 Å². The van der Waals surface area contributed by atoms with Crippen LogP contribution in [0.2, 0.25) is 10.0 Å². The smallest absolute Gasteiger partial charge is 0.355 e. The number of rotatable bonds is 4. The normalized spacial score (nSPS) is 20.9. The number of carbonyl (C=O) groups is 1. The van der Waals surface area contributed by atoms with Gasteiger partial charge in [-0.05, 0) is 78.8 Å². The van der Waals surface area contributed by atoms with Gasteiger partial charge in [-0.1, -0.05) is 59.2 Å². The Labute approximate surface area is 207 Å². The molecule has 0 saturated carbocycles. The second-order valence-electron chi connectivity index (χ2n) is 8.01. The summed E-state index contributed by atoms with van der Waals surface area (Å²) in [5.41, 5.74) is 6.14. The van der Waals surface area contributed by atoms with E-state index >= 15 is 0 Å². The van der Waals surface area contributed by atoms with Crippen LogP contribution in [0.3, 0.4) is 0 Å². The van der Waals surface area contributed by atoms with Crippen LogP contribution in [-0.2, 0) is 9.53 Å². The fraction of sp³-hybridized carbons (Fsp3) is 0.231. The van der Waals surface area contributed by atoms with Gasteiger partial charge in [0.1, 0.15) is 5.70 Å². The lowest BCUT2D eigenvalue weighted by Gasteiger charge is -2.39. The van der Waals surface area contributed by atoms with E-state index in [1.165, 1.54) is 22.9 Å². The molecule has 0 amide bonds. The van der Waals surface area contributed by atoms with Gasteiger partial charge in [0.15, 0.2) is 5.17 Å². The molecule has 1 aliphatic carbocycles. The van der Waals surface area contributed by atoms with Crippen LogP contribution in [0.25, 0.3) is 6.08 Å². The van der Waals surface area contributed by atoms with Gasteiger partial charge in [0, 0.05) is 15.5 Å². The summed E-state index contributed by atoms with van der Waals surface area (Å²) < 4.78 is 5.35. The summed E-state index contributed by atoms with van der Waals surface area (Å²) in [4.78, 5) is 19.8. The zero-order valence-corrected chi connectivity index (χ0v) is 20.4. The van der Waals surface area contributed by atoms with E-state index in [-0.39, 0.29) is 12.0 Å². The summed E-state index contributed by atoms with van der Waals surface area (Å²) in [6, 6.07) is 15.6. The number of aliphatic imine (C=N–C) groups is 1. The standard InChI is InChI=1S/C26H22Cl2N2O2S/c1-2-32-25(31)22-15-33-26-29-23-18(14-16-6-10-19(27)11-7-16)4-3-5-21(23)24(30(22)26)17-8-12-20(28)13-9-17/h6-15,24H,2-5H2,1H3/b18-14+. The summed E-state index contributed by atoms with van der Waals surface area (Å²) in [5.74, 6) is -0.328. The lowest BCUT2D eigenvalue weighted by atomic mass is 9.83. The molecule has 1 unspecified atom stereocenters. The van der Waals surface area contributed by atoms with Gasteiger partial charge in [-0.2, -0.15) is 0 Å². The molecular formula is C26H22Cl2N2O2S. The number of halogens is 2. The van der Waals surface area contributed by atoms with Crippen molar-refractivity contribution in [1.82, 2.24) is 4.90 Å². The van der Waals surface area contributed by atoms with Gasteiger partial charge in [-0.3, -0.25) is 0 Å². The molecule has 2 heterocycles. The Balaban J connectivity index is 1.62. The SMILES string of the molecule is CCOC(=O)C1=CSC2=NC3=C(CCC/C3=C\c3ccc(Cl)cc3)C(c3ccc(Cl)cc3)N12.